The highest BCUT2D eigenvalue weighted by Crippen LogP contribution is 2.43. The van der Waals surface area contributed by atoms with E-state index in [0.29, 0.717) is 17.1 Å². The summed E-state index contributed by atoms with van der Waals surface area (Å²) >= 11 is 0. The second kappa shape index (κ2) is 5.38. The van der Waals surface area contributed by atoms with Crippen LogP contribution in [0.4, 0.5) is 18.9 Å². The van der Waals surface area contributed by atoms with E-state index in [2.05, 4.69) is 0 Å². The summed E-state index contributed by atoms with van der Waals surface area (Å²) in [5.41, 5.74) is 5.92. The predicted octanol–water partition coefficient (Wildman–Crippen LogP) is 2.85. The minimum atomic E-state index is -4.49. The van der Waals surface area contributed by atoms with Crippen LogP contribution in [-0.4, -0.2) is 18.7 Å². The van der Waals surface area contributed by atoms with Crippen LogP contribution in [-0.2, 0) is 11.0 Å². The van der Waals surface area contributed by atoms with Crippen molar-refractivity contribution in [2.24, 2.45) is 5.73 Å². The van der Waals surface area contributed by atoms with E-state index in [1.54, 1.807) is 18.2 Å². The third-order valence-electron chi connectivity index (χ3n) is 4.33. The molecule has 2 atom stereocenters. The number of alkyl halides is 3. The number of anilines is 1. The van der Waals surface area contributed by atoms with Crippen molar-refractivity contribution in [3.8, 4) is 11.5 Å². The topological polar surface area (TPSA) is 64.8 Å². The number of carbonyl (C=O) groups is 1. The van der Waals surface area contributed by atoms with Gasteiger partial charge >= 0.3 is 6.18 Å². The number of carbonyl (C=O) groups excluding carboxylic acids is 1. The lowest BCUT2D eigenvalue weighted by atomic mass is 9.88. The number of hydrogen-bond donors (Lipinski definition) is 1. The fraction of sp³-hybridized carbons (Fsp3) is 0.235. The number of hydrogen-bond acceptors (Lipinski definition) is 4. The van der Waals surface area contributed by atoms with Crippen LogP contribution in [0.25, 0.3) is 0 Å². The van der Waals surface area contributed by atoms with Gasteiger partial charge in [0.25, 0.3) is 0 Å². The van der Waals surface area contributed by atoms with Gasteiger partial charge < -0.3 is 20.1 Å². The summed E-state index contributed by atoms with van der Waals surface area (Å²) in [6.45, 7) is 0.103. The van der Waals surface area contributed by atoms with Crippen LogP contribution in [0.1, 0.15) is 17.2 Å². The number of amides is 1. The standard InChI is InChI=1S/C17H13F3N2O3/c18-17(19,20)10-2-1-3-11(7-10)22-15(14(21)16(22)23)9-4-5-12-13(6-9)25-8-24-12/h1-7,14-15H,8,21H2/t14-,15+/m0/s1. The van der Waals surface area contributed by atoms with Gasteiger partial charge in [0.05, 0.1) is 11.6 Å². The third-order valence-corrected chi connectivity index (χ3v) is 4.33. The number of β-lactam (4-membered cyclic amide) rings is 1. The second-order valence-corrected chi connectivity index (χ2v) is 5.84. The van der Waals surface area contributed by atoms with Crippen LogP contribution in [0.15, 0.2) is 42.5 Å². The van der Waals surface area contributed by atoms with E-state index in [9.17, 15) is 18.0 Å². The van der Waals surface area contributed by atoms with E-state index in [1.165, 1.54) is 17.0 Å². The molecule has 0 bridgehead atoms. The van der Waals surface area contributed by atoms with Gasteiger partial charge in [0.15, 0.2) is 11.5 Å². The lowest BCUT2D eigenvalue weighted by molar-refractivity contribution is -0.137. The van der Waals surface area contributed by atoms with Crippen LogP contribution in [0.5, 0.6) is 11.5 Å². The molecule has 4 rings (SSSR count). The van der Waals surface area contributed by atoms with Crippen molar-refractivity contribution in [3.05, 3.63) is 53.6 Å². The number of ether oxygens (including phenoxy) is 2. The van der Waals surface area contributed by atoms with Gasteiger partial charge in [0.1, 0.15) is 6.04 Å². The first-order chi connectivity index (χ1) is 11.9. The van der Waals surface area contributed by atoms with Crippen LogP contribution in [0.3, 0.4) is 0 Å². The minimum absolute atomic E-state index is 0.103. The Balaban J connectivity index is 1.71. The molecule has 1 saturated heterocycles. The molecule has 0 aliphatic carbocycles. The molecule has 0 saturated carbocycles. The highest BCUT2D eigenvalue weighted by molar-refractivity contribution is 6.05. The molecule has 2 N–H and O–H groups in total. The van der Waals surface area contributed by atoms with Gasteiger partial charge in [-0.2, -0.15) is 13.2 Å². The molecule has 2 aromatic rings. The van der Waals surface area contributed by atoms with Gasteiger partial charge in [-0.05, 0) is 35.9 Å². The summed E-state index contributed by atoms with van der Waals surface area (Å²) in [5.74, 6) is 0.670. The first kappa shape index (κ1) is 15.8. The van der Waals surface area contributed by atoms with Crippen molar-refractivity contribution in [2.75, 3.05) is 11.7 Å². The summed E-state index contributed by atoms with van der Waals surface area (Å²) in [6, 6.07) is 8.36. The fourth-order valence-electron chi connectivity index (χ4n) is 3.08. The number of nitrogens with zero attached hydrogens (tertiary/aromatic N) is 1. The second-order valence-electron chi connectivity index (χ2n) is 5.84. The number of nitrogens with two attached hydrogens (primary N) is 1. The van der Waals surface area contributed by atoms with Crippen LogP contribution in [0, 0.1) is 0 Å². The molecule has 25 heavy (non-hydrogen) atoms. The molecule has 5 nitrogen and oxygen atoms in total. The Bertz CT molecular complexity index is 853. The van der Waals surface area contributed by atoms with Crippen molar-refractivity contribution < 1.29 is 27.4 Å². The third kappa shape index (κ3) is 2.49. The smallest absolute Gasteiger partial charge is 0.416 e. The van der Waals surface area contributed by atoms with E-state index >= 15 is 0 Å². The van der Waals surface area contributed by atoms with E-state index in [0.717, 1.165) is 12.1 Å². The first-order valence-corrected chi connectivity index (χ1v) is 7.52. The van der Waals surface area contributed by atoms with Gasteiger partial charge in [0.2, 0.25) is 12.7 Å². The predicted molar refractivity (Wildman–Crippen MR) is 82.2 cm³/mol. The van der Waals surface area contributed by atoms with Crippen molar-refractivity contribution in [3.63, 3.8) is 0 Å². The summed E-state index contributed by atoms with van der Waals surface area (Å²) in [4.78, 5) is 13.5. The Hall–Kier alpha value is -2.74. The molecule has 0 radical (unpaired) electrons. The molecule has 2 aromatic carbocycles. The maximum Gasteiger partial charge on any atom is 0.416 e. The summed E-state index contributed by atoms with van der Waals surface area (Å²) < 4.78 is 49.4. The molecule has 0 aromatic heterocycles. The number of rotatable bonds is 2. The van der Waals surface area contributed by atoms with Gasteiger partial charge in [-0.3, -0.25) is 4.79 Å². The molecule has 8 heteroatoms. The molecule has 1 fully saturated rings. The zero-order valence-electron chi connectivity index (χ0n) is 12.8. The molecule has 1 amide bonds. The van der Waals surface area contributed by atoms with Gasteiger partial charge in [-0.25, -0.2) is 0 Å². The van der Waals surface area contributed by atoms with Crippen molar-refractivity contribution >= 4 is 11.6 Å². The van der Waals surface area contributed by atoms with E-state index in [1.807, 2.05) is 0 Å². The largest absolute Gasteiger partial charge is 0.454 e. The molecule has 2 aliphatic heterocycles. The highest BCUT2D eigenvalue weighted by Gasteiger charge is 2.47. The molecule has 2 aliphatic rings. The monoisotopic (exact) mass is 350 g/mol. The van der Waals surface area contributed by atoms with Crippen LogP contribution < -0.4 is 20.1 Å². The number of fused-ring (bicyclic) bond motifs is 1. The Morgan fingerprint density at radius 2 is 1.84 bits per heavy atom. The van der Waals surface area contributed by atoms with Crippen LogP contribution >= 0.6 is 0 Å². The van der Waals surface area contributed by atoms with Crippen molar-refractivity contribution in [2.45, 2.75) is 18.3 Å². The van der Waals surface area contributed by atoms with E-state index in [4.69, 9.17) is 15.2 Å². The fourth-order valence-corrected chi connectivity index (χ4v) is 3.08. The Kier molecular flexibility index (Phi) is 3.40. The number of benzene rings is 2. The molecular formula is C17H13F3N2O3. The average molecular weight is 350 g/mol. The minimum Gasteiger partial charge on any atom is -0.454 e. The van der Waals surface area contributed by atoms with Gasteiger partial charge in [-0.15, -0.1) is 0 Å². The van der Waals surface area contributed by atoms with E-state index < -0.39 is 29.7 Å². The number of halogens is 3. The molecule has 130 valence electrons. The lowest BCUT2D eigenvalue weighted by Gasteiger charge is -2.45. The Morgan fingerprint density at radius 1 is 1.08 bits per heavy atom. The molecular weight excluding hydrogens is 337 g/mol. The van der Waals surface area contributed by atoms with Crippen LogP contribution in [0.2, 0.25) is 0 Å². The average Bonchev–Trinajstić information content (AvgIpc) is 3.05. The summed E-state index contributed by atoms with van der Waals surface area (Å²) in [6.07, 6.45) is -4.49. The maximum absolute atomic E-state index is 12.9. The highest BCUT2D eigenvalue weighted by atomic mass is 19.4. The molecule has 2 heterocycles. The molecule has 0 unspecified atom stereocenters. The van der Waals surface area contributed by atoms with E-state index in [-0.39, 0.29) is 12.5 Å². The first-order valence-electron chi connectivity index (χ1n) is 7.52. The zero-order chi connectivity index (χ0) is 17.8. The SMILES string of the molecule is N[C@@H]1C(=O)N(c2cccc(C(F)(F)F)c2)[C@@H]1c1ccc2c(c1)OCO2. The lowest BCUT2D eigenvalue weighted by Crippen LogP contribution is -2.63. The van der Waals surface area contributed by atoms with Crippen molar-refractivity contribution in [1.29, 1.82) is 0 Å². The van der Waals surface area contributed by atoms with Gasteiger partial charge in [0, 0.05) is 5.69 Å². The molecule has 0 spiro atoms. The zero-order valence-corrected chi connectivity index (χ0v) is 12.8. The summed E-state index contributed by atoms with van der Waals surface area (Å²) in [7, 11) is 0. The summed E-state index contributed by atoms with van der Waals surface area (Å²) in [5, 5.41) is 0. The maximum atomic E-state index is 12.9. The normalized spacial score (nSPS) is 22.1. The van der Waals surface area contributed by atoms with Gasteiger partial charge in [-0.1, -0.05) is 12.1 Å². The quantitative estimate of drug-likeness (QED) is 0.846. The Labute approximate surface area is 140 Å². The van der Waals surface area contributed by atoms with Crippen molar-refractivity contribution in [1.82, 2.24) is 0 Å². The Morgan fingerprint density at radius 3 is 2.60 bits per heavy atom.